The normalized spacial score (nSPS) is 13.7. The first-order chi connectivity index (χ1) is 16.9. The van der Waals surface area contributed by atoms with E-state index in [0.29, 0.717) is 0 Å². The Balaban J connectivity index is 1.28. The van der Waals surface area contributed by atoms with Crippen LogP contribution in [0.1, 0.15) is 36.0 Å². The Morgan fingerprint density at radius 2 is 1.43 bits per heavy atom. The number of fused-ring (bicyclic) bond motifs is 3. The molecule has 0 spiro atoms. The minimum absolute atomic E-state index is 0.0546. The first kappa shape index (κ1) is 24.0. The molecule has 0 saturated carbocycles. The van der Waals surface area contributed by atoms with Crippen LogP contribution in [0.25, 0.3) is 11.1 Å². The highest BCUT2D eigenvalue weighted by Gasteiger charge is 2.29. The maximum absolute atomic E-state index is 12.4. The fourth-order valence-electron chi connectivity index (χ4n) is 4.47. The van der Waals surface area contributed by atoms with E-state index < -0.39 is 30.1 Å². The molecule has 3 aromatic rings. The van der Waals surface area contributed by atoms with Gasteiger partial charge in [0.2, 0.25) is 5.91 Å². The highest BCUT2D eigenvalue weighted by Crippen LogP contribution is 2.44. The Hall–Kier alpha value is -4.13. The van der Waals surface area contributed by atoms with Gasteiger partial charge in [0, 0.05) is 24.8 Å². The van der Waals surface area contributed by atoms with Crippen LogP contribution in [0.3, 0.4) is 0 Å². The van der Waals surface area contributed by atoms with Crippen molar-refractivity contribution in [2.24, 2.45) is 0 Å². The van der Waals surface area contributed by atoms with Crippen LogP contribution in [0.15, 0.2) is 78.9 Å². The molecule has 180 valence electrons. The van der Waals surface area contributed by atoms with E-state index in [1.54, 1.807) is 6.92 Å². The molecule has 4 rings (SSSR count). The Labute approximate surface area is 204 Å². The van der Waals surface area contributed by atoms with Gasteiger partial charge in [-0.25, -0.2) is 9.59 Å². The average Bonchev–Trinajstić information content (AvgIpc) is 3.16. The summed E-state index contributed by atoms with van der Waals surface area (Å²) in [6.07, 6.45) is -0.509. The second kappa shape index (κ2) is 10.9. The zero-order chi connectivity index (χ0) is 24.8. The molecule has 1 aliphatic rings. The van der Waals surface area contributed by atoms with Crippen molar-refractivity contribution in [1.29, 1.82) is 0 Å². The summed E-state index contributed by atoms with van der Waals surface area (Å²) in [6.45, 7) is 1.85. The number of hydrogen-bond acceptors (Lipinski definition) is 4. The molecule has 2 amide bonds. The lowest BCUT2D eigenvalue weighted by molar-refractivity contribution is -0.141. The number of alkyl carbamates (subject to hydrolysis) is 1. The van der Waals surface area contributed by atoms with Crippen LogP contribution in [0.2, 0.25) is 0 Å². The summed E-state index contributed by atoms with van der Waals surface area (Å²) in [7, 11) is 0. The third-order valence-corrected chi connectivity index (χ3v) is 6.12. The Morgan fingerprint density at radius 1 is 0.857 bits per heavy atom. The molecule has 0 saturated heterocycles. The molecule has 7 heteroatoms. The van der Waals surface area contributed by atoms with E-state index in [1.807, 2.05) is 66.7 Å². The molecule has 0 unspecified atom stereocenters. The summed E-state index contributed by atoms with van der Waals surface area (Å²) in [4.78, 5) is 36.4. The summed E-state index contributed by atoms with van der Waals surface area (Å²) >= 11 is 0. The number of amides is 2. The lowest BCUT2D eigenvalue weighted by atomic mass is 9.98. The lowest BCUT2D eigenvalue weighted by Crippen LogP contribution is -2.45. The molecule has 1 aliphatic carbocycles. The number of carboxylic acid groups (broad SMARTS) is 1. The van der Waals surface area contributed by atoms with Crippen molar-refractivity contribution in [3.05, 3.63) is 95.6 Å². The summed E-state index contributed by atoms with van der Waals surface area (Å²) in [6, 6.07) is 23.7. The molecule has 0 aliphatic heterocycles. The number of nitrogens with one attached hydrogen (secondary N) is 2. The fourth-order valence-corrected chi connectivity index (χ4v) is 4.47. The van der Waals surface area contributed by atoms with E-state index >= 15 is 0 Å². The van der Waals surface area contributed by atoms with Gasteiger partial charge in [0.1, 0.15) is 12.6 Å². The third kappa shape index (κ3) is 5.87. The summed E-state index contributed by atoms with van der Waals surface area (Å²) in [5.74, 6) is -1.62. The van der Waals surface area contributed by atoms with Crippen molar-refractivity contribution < 1.29 is 24.2 Å². The quantitative estimate of drug-likeness (QED) is 0.435. The number of hydrogen-bond donors (Lipinski definition) is 3. The molecule has 0 fully saturated rings. The number of ether oxygens (including phenoxy) is 1. The predicted molar refractivity (Wildman–Crippen MR) is 132 cm³/mol. The van der Waals surface area contributed by atoms with Crippen molar-refractivity contribution >= 4 is 18.0 Å². The van der Waals surface area contributed by atoms with Crippen molar-refractivity contribution in [3.63, 3.8) is 0 Å². The van der Waals surface area contributed by atoms with Crippen LogP contribution >= 0.6 is 0 Å². The van der Waals surface area contributed by atoms with Gasteiger partial charge in [0.05, 0.1) is 0 Å². The second-order valence-corrected chi connectivity index (χ2v) is 8.72. The second-order valence-electron chi connectivity index (χ2n) is 8.72. The molecule has 0 bridgehead atoms. The molecule has 0 heterocycles. The zero-order valence-electron chi connectivity index (χ0n) is 19.4. The number of carbonyl (C=O) groups excluding carboxylic acids is 2. The summed E-state index contributed by atoms with van der Waals surface area (Å²) in [5, 5.41) is 14.7. The summed E-state index contributed by atoms with van der Waals surface area (Å²) in [5.41, 5.74) is 5.33. The van der Waals surface area contributed by atoms with Crippen molar-refractivity contribution in [1.82, 2.24) is 10.6 Å². The van der Waals surface area contributed by atoms with E-state index in [-0.39, 0.29) is 25.4 Å². The van der Waals surface area contributed by atoms with Crippen LogP contribution in [-0.4, -0.2) is 41.8 Å². The number of rotatable bonds is 9. The Bertz CT molecular complexity index is 1170. The maximum Gasteiger partial charge on any atom is 0.407 e. The molecule has 3 aromatic carbocycles. The molecule has 3 N–H and O–H groups in total. The van der Waals surface area contributed by atoms with Gasteiger partial charge >= 0.3 is 12.1 Å². The molecule has 2 atom stereocenters. The third-order valence-electron chi connectivity index (χ3n) is 6.12. The highest BCUT2D eigenvalue weighted by molar-refractivity contribution is 5.84. The molecule has 7 nitrogen and oxygen atoms in total. The van der Waals surface area contributed by atoms with Gasteiger partial charge < -0.3 is 20.5 Å². The molecular weight excluding hydrogens is 444 g/mol. The smallest absolute Gasteiger partial charge is 0.407 e. The summed E-state index contributed by atoms with van der Waals surface area (Å²) < 4.78 is 5.51. The van der Waals surface area contributed by atoms with Gasteiger partial charge in [-0.3, -0.25) is 4.79 Å². The van der Waals surface area contributed by atoms with E-state index in [2.05, 4.69) is 22.8 Å². The highest BCUT2D eigenvalue weighted by atomic mass is 16.5. The average molecular weight is 473 g/mol. The number of carbonyl (C=O) groups is 3. The molecule has 0 radical (unpaired) electrons. The van der Waals surface area contributed by atoms with Crippen molar-refractivity contribution in [2.75, 3.05) is 6.61 Å². The SMILES string of the molecule is C[C@@H](CC(=O)N[C@H](Cc1ccccc1)C(=O)O)NC(=O)OCC1c2ccccc2-c2ccccc21. The topological polar surface area (TPSA) is 105 Å². The fraction of sp³-hybridized carbons (Fsp3) is 0.250. The van der Waals surface area contributed by atoms with Crippen molar-refractivity contribution in [2.45, 2.75) is 37.8 Å². The van der Waals surface area contributed by atoms with Crippen LogP contribution in [0.5, 0.6) is 0 Å². The standard InChI is InChI=1S/C28H28N2O5/c1-18(15-26(31)30-25(27(32)33)16-19-9-3-2-4-10-19)29-28(34)35-17-24-22-13-7-5-11-20(22)21-12-6-8-14-23(21)24/h2-14,18,24-25H,15-17H2,1H3,(H,29,34)(H,30,31)(H,32,33)/t18-,25+/m0/s1. The van der Waals surface area contributed by atoms with E-state index in [0.717, 1.165) is 27.8 Å². The van der Waals surface area contributed by atoms with Gasteiger partial charge in [0.15, 0.2) is 0 Å². The Kier molecular flexibility index (Phi) is 7.45. The first-order valence-electron chi connectivity index (χ1n) is 11.6. The number of benzene rings is 3. The Morgan fingerprint density at radius 3 is 2.03 bits per heavy atom. The largest absolute Gasteiger partial charge is 0.480 e. The van der Waals surface area contributed by atoms with Crippen LogP contribution < -0.4 is 10.6 Å². The maximum atomic E-state index is 12.4. The molecular formula is C28H28N2O5. The van der Waals surface area contributed by atoms with Gasteiger partial charge in [0.25, 0.3) is 0 Å². The number of aliphatic carboxylic acids is 1. The van der Waals surface area contributed by atoms with Gasteiger partial charge in [-0.2, -0.15) is 0 Å². The monoisotopic (exact) mass is 472 g/mol. The van der Waals surface area contributed by atoms with Crippen LogP contribution in [0, 0.1) is 0 Å². The first-order valence-corrected chi connectivity index (χ1v) is 11.6. The number of carboxylic acids is 1. The minimum atomic E-state index is -1.11. The van der Waals surface area contributed by atoms with Gasteiger partial charge in [-0.05, 0) is 34.7 Å². The van der Waals surface area contributed by atoms with Crippen LogP contribution in [0.4, 0.5) is 4.79 Å². The van der Waals surface area contributed by atoms with Gasteiger partial charge in [-0.15, -0.1) is 0 Å². The molecule has 0 aromatic heterocycles. The van der Waals surface area contributed by atoms with Crippen LogP contribution in [-0.2, 0) is 20.7 Å². The predicted octanol–water partition coefficient (Wildman–Crippen LogP) is 4.12. The van der Waals surface area contributed by atoms with E-state index in [1.165, 1.54) is 0 Å². The van der Waals surface area contributed by atoms with Gasteiger partial charge in [-0.1, -0.05) is 78.9 Å². The zero-order valence-corrected chi connectivity index (χ0v) is 19.4. The van der Waals surface area contributed by atoms with E-state index in [4.69, 9.17) is 4.74 Å². The van der Waals surface area contributed by atoms with Crippen molar-refractivity contribution in [3.8, 4) is 11.1 Å². The minimum Gasteiger partial charge on any atom is -0.480 e. The molecule has 35 heavy (non-hydrogen) atoms. The lowest BCUT2D eigenvalue weighted by Gasteiger charge is -2.19. The van der Waals surface area contributed by atoms with E-state index in [9.17, 15) is 19.5 Å².